The van der Waals surface area contributed by atoms with E-state index in [4.69, 9.17) is 4.84 Å². The number of halogens is 2. The third kappa shape index (κ3) is 2.23. The lowest BCUT2D eigenvalue weighted by Crippen LogP contribution is -2.06. The van der Waals surface area contributed by atoms with Crippen molar-refractivity contribution < 1.29 is 13.6 Å². The molecular formula is C13H10F2N2OS. The first-order valence-electron chi connectivity index (χ1n) is 5.74. The van der Waals surface area contributed by atoms with Gasteiger partial charge < -0.3 is 4.84 Å². The molecule has 0 amide bonds. The van der Waals surface area contributed by atoms with E-state index >= 15 is 0 Å². The van der Waals surface area contributed by atoms with Crippen molar-refractivity contribution in [1.29, 1.82) is 0 Å². The average Bonchev–Trinajstić information content (AvgIpc) is 2.98. The summed E-state index contributed by atoms with van der Waals surface area (Å²) in [5, 5.41) is 6.66. The highest BCUT2D eigenvalue weighted by atomic mass is 32.1. The number of nitrogens with zero attached hydrogens (tertiary/aromatic N) is 2. The molecule has 1 aromatic carbocycles. The van der Waals surface area contributed by atoms with Crippen LogP contribution in [0.5, 0.6) is 0 Å². The third-order valence-corrected chi connectivity index (χ3v) is 3.68. The van der Waals surface area contributed by atoms with Crippen LogP contribution in [0, 0.1) is 18.6 Å². The Morgan fingerprint density at radius 2 is 2.05 bits per heavy atom. The zero-order chi connectivity index (χ0) is 13.4. The Morgan fingerprint density at radius 1 is 1.32 bits per heavy atom. The molecule has 0 fully saturated rings. The van der Waals surface area contributed by atoms with Crippen LogP contribution < -0.4 is 0 Å². The van der Waals surface area contributed by atoms with Crippen LogP contribution in [0.2, 0.25) is 0 Å². The number of benzene rings is 1. The molecule has 3 rings (SSSR count). The number of hydrogen-bond donors (Lipinski definition) is 0. The van der Waals surface area contributed by atoms with Crippen molar-refractivity contribution in [1.82, 2.24) is 4.98 Å². The van der Waals surface area contributed by atoms with Gasteiger partial charge in [-0.2, -0.15) is 0 Å². The van der Waals surface area contributed by atoms with Gasteiger partial charge in [0.2, 0.25) is 0 Å². The molecule has 6 heteroatoms. The van der Waals surface area contributed by atoms with Gasteiger partial charge in [-0.25, -0.2) is 13.8 Å². The van der Waals surface area contributed by atoms with E-state index in [1.54, 1.807) is 0 Å². The molecule has 1 unspecified atom stereocenters. The molecule has 1 atom stereocenters. The second-order valence-electron chi connectivity index (χ2n) is 4.22. The number of aromatic nitrogens is 1. The summed E-state index contributed by atoms with van der Waals surface area (Å²) in [6, 6.07) is 3.76. The largest absolute Gasteiger partial charge is 0.387 e. The van der Waals surface area contributed by atoms with Crippen molar-refractivity contribution in [3.05, 3.63) is 51.5 Å². The predicted octanol–water partition coefficient (Wildman–Crippen LogP) is 3.60. The second kappa shape index (κ2) is 4.70. The van der Waals surface area contributed by atoms with E-state index in [0.717, 1.165) is 5.01 Å². The fourth-order valence-electron chi connectivity index (χ4n) is 2.00. The minimum Gasteiger partial charge on any atom is -0.387 e. The first kappa shape index (κ1) is 12.2. The maximum Gasteiger partial charge on any atom is 0.164 e. The quantitative estimate of drug-likeness (QED) is 0.842. The zero-order valence-electron chi connectivity index (χ0n) is 10.1. The molecule has 0 saturated heterocycles. The van der Waals surface area contributed by atoms with Gasteiger partial charge >= 0.3 is 0 Å². The molecule has 0 radical (unpaired) electrons. The van der Waals surface area contributed by atoms with Crippen molar-refractivity contribution >= 4 is 17.0 Å². The van der Waals surface area contributed by atoms with E-state index in [2.05, 4.69) is 10.1 Å². The van der Waals surface area contributed by atoms with E-state index in [0.29, 0.717) is 17.8 Å². The summed E-state index contributed by atoms with van der Waals surface area (Å²) in [6.07, 6.45) is -0.403. The number of oxime groups is 1. The summed E-state index contributed by atoms with van der Waals surface area (Å²) in [6.45, 7) is 1.89. The summed E-state index contributed by atoms with van der Waals surface area (Å²) in [7, 11) is 0. The Kier molecular flexibility index (Phi) is 3.02. The molecule has 0 spiro atoms. The van der Waals surface area contributed by atoms with Gasteiger partial charge in [-0.3, -0.25) is 0 Å². The number of rotatable bonds is 2. The van der Waals surface area contributed by atoms with Crippen molar-refractivity contribution in [2.75, 3.05) is 0 Å². The maximum atomic E-state index is 13.7. The number of hydrogen-bond acceptors (Lipinski definition) is 4. The van der Waals surface area contributed by atoms with Crippen LogP contribution in [0.25, 0.3) is 0 Å². The van der Waals surface area contributed by atoms with Crippen molar-refractivity contribution in [3.8, 4) is 0 Å². The predicted molar refractivity (Wildman–Crippen MR) is 68.2 cm³/mol. The molecule has 2 aromatic rings. The molecule has 19 heavy (non-hydrogen) atoms. The van der Waals surface area contributed by atoms with Crippen molar-refractivity contribution in [2.24, 2.45) is 5.16 Å². The van der Waals surface area contributed by atoms with Crippen LogP contribution >= 0.6 is 11.3 Å². The zero-order valence-corrected chi connectivity index (χ0v) is 10.9. The van der Waals surface area contributed by atoms with Gasteiger partial charge in [-0.05, 0) is 19.1 Å². The normalized spacial score (nSPS) is 18.3. The Bertz CT molecular complexity index is 634. The molecule has 1 aliphatic rings. The Labute approximate surface area is 112 Å². The van der Waals surface area contributed by atoms with Gasteiger partial charge in [-0.15, -0.1) is 11.3 Å². The second-order valence-corrected chi connectivity index (χ2v) is 5.29. The van der Waals surface area contributed by atoms with E-state index in [9.17, 15) is 8.78 Å². The highest BCUT2D eigenvalue weighted by Crippen LogP contribution is 2.32. The summed E-state index contributed by atoms with van der Waals surface area (Å²) < 4.78 is 27.3. The molecule has 98 valence electrons. The maximum absolute atomic E-state index is 13.7. The van der Waals surface area contributed by atoms with Crippen molar-refractivity contribution in [2.45, 2.75) is 19.4 Å². The molecule has 0 bridgehead atoms. The smallest absolute Gasteiger partial charge is 0.164 e. The Balaban J connectivity index is 1.85. The fourth-order valence-corrected chi connectivity index (χ4v) is 2.62. The molecule has 0 saturated carbocycles. The minimum absolute atomic E-state index is 0.0757. The van der Waals surface area contributed by atoms with Crippen LogP contribution in [-0.2, 0) is 4.84 Å². The van der Waals surface area contributed by atoms with Gasteiger partial charge in [0.05, 0.1) is 16.3 Å². The average molecular weight is 280 g/mol. The molecule has 0 aliphatic carbocycles. The van der Waals surface area contributed by atoms with Crippen LogP contribution in [0.15, 0.2) is 28.7 Å². The summed E-state index contributed by atoms with van der Waals surface area (Å²) in [5.74, 6) is -1.23. The number of thiazole rings is 1. The molecular weight excluding hydrogens is 270 g/mol. The highest BCUT2D eigenvalue weighted by molar-refractivity contribution is 7.09. The summed E-state index contributed by atoms with van der Waals surface area (Å²) >= 11 is 1.50. The lowest BCUT2D eigenvalue weighted by Gasteiger charge is -2.10. The molecule has 3 nitrogen and oxygen atoms in total. The van der Waals surface area contributed by atoms with E-state index in [1.165, 1.54) is 29.5 Å². The van der Waals surface area contributed by atoms with Gasteiger partial charge in [0.15, 0.2) is 6.10 Å². The molecule has 2 heterocycles. The van der Waals surface area contributed by atoms with Crippen molar-refractivity contribution in [3.63, 3.8) is 0 Å². The van der Waals surface area contributed by atoms with E-state index in [1.807, 2.05) is 12.3 Å². The monoisotopic (exact) mass is 280 g/mol. The van der Waals surface area contributed by atoms with Gasteiger partial charge in [0, 0.05) is 11.8 Å². The van der Waals surface area contributed by atoms with Crippen LogP contribution in [0.3, 0.4) is 0 Å². The van der Waals surface area contributed by atoms with E-state index in [-0.39, 0.29) is 5.56 Å². The Morgan fingerprint density at radius 3 is 2.68 bits per heavy atom. The summed E-state index contributed by atoms with van der Waals surface area (Å²) in [4.78, 5) is 9.44. The first-order chi connectivity index (χ1) is 9.15. The molecule has 1 aromatic heterocycles. The SMILES string of the molecule is Cc1nc(C2=NOC(c3c(F)cccc3F)C2)cs1. The van der Waals surface area contributed by atoms with Crippen LogP contribution in [0.1, 0.15) is 28.8 Å². The molecule has 0 N–H and O–H groups in total. The van der Waals surface area contributed by atoms with Crippen LogP contribution in [-0.4, -0.2) is 10.7 Å². The Hall–Kier alpha value is -1.82. The minimum atomic E-state index is -0.724. The summed E-state index contributed by atoms with van der Waals surface area (Å²) in [5.41, 5.74) is 1.26. The van der Waals surface area contributed by atoms with E-state index < -0.39 is 17.7 Å². The first-order valence-corrected chi connectivity index (χ1v) is 6.62. The van der Waals surface area contributed by atoms with Gasteiger partial charge in [-0.1, -0.05) is 11.2 Å². The number of aryl methyl sites for hydroxylation is 1. The topological polar surface area (TPSA) is 34.5 Å². The fraction of sp³-hybridized carbons (Fsp3) is 0.231. The lowest BCUT2D eigenvalue weighted by molar-refractivity contribution is 0.0800. The van der Waals surface area contributed by atoms with Gasteiger partial charge in [0.1, 0.15) is 17.3 Å². The van der Waals surface area contributed by atoms with Gasteiger partial charge in [0.25, 0.3) is 0 Å². The van der Waals surface area contributed by atoms with Crippen LogP contribution in [0.4, 0.5) is 8.78 Å². The standard InChI is InChI=1S/C13H10F2N2OS/c1-7-16-11(6-19-7)10-5-12(18-17-10)13-8(14)3-2-4-9(13)15/h2-4,6,12H,5H2,1H3. The third-order valence-electron chi connectivity index (χ3n) is 2.91. The molecule has 1 aliphatic heterocycles. The lowest BCUT2D eigenvalue weighted by atomic mass is 10.0. The highest BCUT2D eigenvalue weighted by Gasteiger charge is 2.29.